The lowest BCUT2D eigenvalue weighted by Gasteiger charge is -2.10. The fourth-order valence-corrected chi connectivity index (χ4v) is 4.28. The molecule has 0 bridgehead atoms. The molecule has 0 atom stereocenters. The van der Waals surface area contributed by atoms with Crippen LogP contribution in [-0.2, 0) is 4.79 Å². The largest absolute Gasteiger partial charge is 0.490 e. The van der Waals surface area contributed by atoms with Crippen LogP contribution < -0.4 is 20.1 Å². The summed E-state index contributed by atoms with van der Waals surface area (Å²) in [6.07, 6.45) is 0.808. The summed E-state index contributed by atoms with van der Waals surface area (Å²) in [6, 6.07) is 12.7. The van der Waals surface area contributed by atoms with Crippen LogP contribution in [0.3, 0.4) is 0 Å². The number of thiophene rings is 1. The van der Waals surface area contributed by atoms with Crippen molar-refractivity contribution in [3.63, 3.8) is 0 Å². The summed E-state index contributed by atoms with van der Waals surface area (Å²) in [5, 5.41) is 6.59. The van der Waals surface area contributed by atoms with Crippen molar-refractivity contribution in [3.05, 3.63) is 52.4 Å². The molecule has 1 aromatic heterocycles. The van der Waals surface area contributed by atoms with Crippen molar-refractivity contribution in [1.29, 1.82) is 0 Å². The number of ether oxygens (including phenoxy) is 2. The van der Waals surface area contributed by atoms with Gasteiger partial charge in [-0.1, -0.05) is 29.8 Å². The number of rotatable bonds is 4. The fraction of sp³-hybridized carbons (Fsp3) is 0.200. The predicted octanol–water partition coefficient (Wildman–Crippen LogP) is 4.08. The van der Waals surface area contributed by atoms with Crippen molar-refractivity contribution < 1.29 is 19.1 Å². The van der Waals surface area contributed by atoms with Crippen molar-refractivity contribution in [2.24, 2.45) is 0 Å². The molecule has 0 spiro atoms. The molecule has 2 heterocycles. The first-order chi connectivity index (χ1) is 13.6. The van der Waals surface area contributed by atoms with Crippen LogP contribution in [0.15, 0.2) is 42.5 Å². The summed E-state index contributed by atoms with van der Waals surface area (Å²) in [7, 11) is 0. The molecular weight excluding hydrogens is 400 g/mol. The Balaban J connectivity index is 1.38. The lowest BCUT2D eigenvalue weighted by Crippen LogP contribution is -2.32. The Labute approximate surface area is 170 Å². The third-order valence-corrected chi connectivity index (χ3v) is 5.86. The van der Waals surface area contributed by atoms with Crippen molar-refractivity contribution in [2.75, 3.05) is 25.1 Å². The van der Waals surface area contributed by atoms with E-state index < -0.39 is 0 Å². The molecule has 0 unspecified atom stereocenters. The second kappa shape index (κ2) is 8.08. The summed E-state index contributed by atoms with van der Waals surface area (Å²) < 4.78 is 12.1. The number of carbonyl (C=O) groups is 2. The van der Waals surface area contributed by atoms with E-state index in [0.717, 1.165) is 16.5 Å². The lowest BCUT2D eigenvalue weighted by molar-refractivity contribution is -0.115. The Kier molecular flexibility index (Phi) is 5.36. The molecular formula is C20H17ClN2O4S. The molecule has 4 rings (SSSR count). The number of anilines is 1. The minimum atomic E-state index is -0.375. The van der Waals surface area contributed by atoms with Gasteiger partial charge in [-0.05, 0) is 18.2 Å². The maximum Gasteiger partial charge on any atom is 0.263 e. The Morgan fingerprint density at radius 2 is 1.86 bits per heavy atom. The molecule has 1 aliphatic heterocycles. The summed E-state index contributed by atoms with van der Waals surface area (Å²) in [6.45, 7) is 0.999. The highest BCUT2D eigenvalue weighted by molar-refractivity contribution is 7.21. The molecule has 8 heteroatoms. The lowest BCUT2D eigenvalue weighted by atomic mass is 10.2. The first-order valence-corrected chi connectivity index (χ1v) is 9.96. The van der Waals surface area contributed by atoms with Gasteiger partial charge in [0.1, 0.15) is 4.88 Å². The van der Waals surface area contributed by atoms with E-state index in [0.29, 0.717) is 40.3 Å². The Morgan fingerprint density at radius 1 is 1.07 bits per heavy atom. The van der Waals surface area contributed by atoms with Crippen LogP contribution in [0.1, 0.15) is 16.1 Å². The van der Waals surface area contributed by atoms with E-state index in [1.807, 2.05) is 24.3 Å². The van der Waals surface area contributed by atoms with Gasteiger partial charge < -0.3 is 20.1 Å². The first-order valence-electron chi connectivity index (χ1n) is 8.76. The molecule has 2 aromatic carbocycles. The number of halogens is 1. The summed E-state index contributed by atoms with van der Waals surface area (Å²) in [5.74, 6) is 0.527. The van der Waals surface area contributed by atoms with Crippen LogP contribution in [-0.4, -0.2) is 31.6 Å². The predicted molar refractivity (Wildman–Crippen MR) is 110 cm³/mol. The molecule has 3 aromatic rings. The Morgan fingerprint density at radius 3 is 2.68 bits per heavy atom. The first kappa shape index (κ1) is 18.6. The standard InChI is InChI=1S/C20H17ClN2O4S/c21-18-13-4-1-2-5-16(13)28-19(18)20(25)22-11-17(24)23-12-6-7-14-15(10-12)27-9-3-8-26-14/h1-2,4-7,10H,3,8-9,11H2,(H,22,25)(H,23,24). The molecule has 0 saturated carbocycles. The van der Waals surface area contributed by atoms with Gasteiger partial charge in [-0.3, -0.25) is 9.59 Å². The average Bonchev–Trinajstić information content (AvgIpc) is 2.88. The van der Waals surface area contributed by atoms with Crippen molar-refractivity contribution in [2.45, 2.75) is 6.42 Å². The minimum absolute atomic E-state index is 0.169. The minimum Gasteiger partial charge on any atom is -0.490 e. The van der Waals surface area contributed by atoms with Gasteiger partial charge >= 0.3 is 0 Å². The number of carbonyl (C=O) groups excluding carboxylic acids is 2. The molecule has 144 valence electrons. The summed E-state index contributed by atoms with van der Waals surface area (Å²) >= 11 is 7.60. The molecule has 0 saturated heterocycles. The van der Waals surface area contributed by atoms with E-state index in [2.05, 4.69) is 10.6 Å². The maximum absolute atomic E-state index is 12.4. The van der Waals surface area contributed by atoms with Crippen molar-refractivity contribution >= 4 is 50.5 Å². The number of hydrogen-bond donors (Lipinski definition) is 2. The van der Waals surface area contributed by atoms with Crippen molar-refractivity contribution in [3.8, 4) is 11.5 Å². The van der Waals surface area contributed by atoms with Gasteiger partial charge in [0, 0.05) is 28.3 Å². The monoisotopic (exact) mass is 416 g/mol. The van der Waals surface area contributed by atoms with Gasteiger partial charge in [-0.25, -0.2) is 0 Å². The fourth-order valence-electron chi connectivity index (χ4n) is 2.85. The van der Waals surface area contributed by atoms with Crippen LogP contribution in [0.2, 0.25) is 5.02 Å². The van der Waals surface area contributed by atoms with E-state index in [9.17, 15) is 9.59 Å². The molecule has 0 aliphatic carbocycles. The van der Waals surface area contributed by atoms with E-state index in [1.165, 1.54) is 11.3 Å². The van der Waals surface area contributed by atoms with Gasteiger partial charge in [0.05, 0.1) is 24.8 Å². The molecule has 1 aliphatic rings. The molecule has 2 N–H and O–H groups in total. The third kappa shape index (κ3) is 3.90. The van der Waals surface area contributed by atoms with Crippen LogP contribution in [0.4, 0.5) is 5.69 Å². The van der Waals surface area contributed by atoms with Gasteiger partial charge in [-0.15, -0.1) is 11.3 Å². The van der Waals surface area contributed by atoms with E-state index in [-0.39, 0.29) is 18.4 Å². The van der Waals surface area contributed by atoms with E-state index in [4.69, 9.17) is 21.1 Å². The van der Waals surface area contributed by atoms with E-state index >= 15 is 0 Å². The normalized spacial score (nSPS) is 13.0. The number of fused-ring (bicyclic) bond motifs is 2. The van der Waals surface area contributed by atoms with Crippen LogP contribution >= 0.6 is 22.9 Å². The second-order valence-corrected chi connectivity index (χ2v) is 7.61. The van der Waals surface area contributed by atoms with Gasteiger partial charge in [0.15, 0.2) is 11.5 Å². The highest BCUT2D eigenvalue weighted by Gasteiger charge is 2.18. The highest BCUT2D eigenvalue weighted by Crippen LogP contribution is 2.35. The molecule has 0 fully saturated rings. The van der Waals surface area contributed by atoms with Crippen LogP contribution in [0.25, 0.3) is 10.1 Å². The highest BCUT2D eigenvalue weighted by atomic mass is 35.5. The van der Waals surface area contributed by atoms with Gasteiger partial charge in [-0.2, -0.15) is 0 Å². The topological polar surface area (TPSA) is 76.7 Å². The van der Waals surface area contributed by atoms with Gasteiger partial charge in [0.25, 0.3) is 5.91 Å². The molecule has 28 heavy (non-hydrogen) atoms. The molecule has 6 nitrogen and oxygen atoms in total. The Bertz CT molecular complexity index is 1050. The van der Waals surface area contributed by atoms with E-state index in [1.54, 1.807) is 18.2 Å². The number of amides is 2. The van der Waals surface area contributed by atoms with Crippen LogP contribution in [0, 0.1) is 0 Å². The maximum atomic E-state index is 12.4. The summed E-state index contributed by atoms with van der Waals surface area (Å²) in [5.41, 5.74) is 0.573. The summed E-state index contributed by atoms with van der Waals surface area (Å²) in [4.78, 5) is 25.0. The smallest absolute Gasteiger partial charge is 0.263 e. The average molecular weight is 417 g/mol. The third-order valence-electron chi connectivity index (χ3n) is 4.18. The number of nitrogens with one attached hydrogen (secondary N) is 2. The zero-order valence-corrected chi connectivity index (χ0v) is 16.4. The SMILES string of the molecule is O=C(CNC(=O)c1sc2ccccc2c1Cl)Nc1ccc2c(c1)OCCCO2. The van der Waals surface area contributed by atoms with Gasteiger partial charge in [0.2, 0.25) is 5.91 Å². The quantitative estimate of drug-likeness (QED) is 0.671. The zero-order chi connectivity index (χ0) is 19.5. The number of benzene rings is 2. The Hall–Kier alpha value is -2.77. The van der Waals surface area contributed by atoms with Crippen LogP contribution in [0.5, 0.6) is 11.5 Å². The number of hydrogen-bond acceptors (Lipinski definition) is 5. The zero-order valence-electron chi connectivity index (χ0n) is 14.8. The van der Waals surface area contributed by atoms with Crippen molar-refractivity contribution in [1.82, 2.24) is 5.32 Å². The molecule has 0 radical (unpaired) electrons. The second-order valence-electron chi connectivity index (χ2n) is 6.18. The molecule has 2 amide bonds.